The van der Waals surface area contributed by atoms with Crippen molar-refractivity contribution in [1.29, 1.82) is 0 Å². The fourth-order valence-corrected chi connectivity index (χ4v) is 5.28. The van der Waals surface area contributed by atoms with E-state index in [9.17, 15) is 16.8 Å². The lowest BCUT2D eigenvalue weighted by molar-refractivity contribution is 0.445. The topological polar surface area (TPSA) is 83.6 Å². The van der Waals surface area contributed by atoms with Gasteiger partial charge in [-0.1, -0.05) is 13.8 Å². The van der Waals surface area contributed by atoms with Crippen LogP contribution in [0.1, 0.15) is 33.6 Å². The predicted octanol–water partition coefficient (Wildman–Crippen LogP) is 1.79. The van der Waals surface area contributed by atoms with Crippen molar-refractivity contribution in [3.8, 4) is 0 Å². The molecule has 1 N–H and O–H groups in total. The monoisotopic (exact) mass is 360 g/mol. The zero-order valence-corrected chi connectivity index (χ0v) is 15.3. The normalized spacial score (nSPS) is 17.4. The minimum absolute atomic E-state index is 0.0866. The van der Waals surface area contributed by atoms with Crippen LogP contribution in [0, 0.1) is 5.92 Å². The summed E-state index contributed by atoms with van der Waals surface area (Å²) in [6.07, 6.45) is 2.09. The molecule has 1 aromatic carbocycles. The van der Waals surface area contributed by atoms with Gasteiger partial charge in [-0.3, -0.25) is 0 Å². The molecule has 130 valence electrons. The fourth-order valence-electron chi connectivity index (χ4n) is 2.51. The van der Waals surface area contributed by atoms with Gasteiger partial charge >= 0.3 is 0 Å². The first-order chi connectivity index (χ1) is 10.7. The van der Waals surface area contributed by atoms with Crippen LogP contribution in [0.5, 0.6) is 0 Å². The molecule has 1 aromatic rings. The highest BCUT2D eigenvalue weighted by Gasteiger charge is 2.31. The number of benzene rings is 1. The molecule has 6 nitrogen and oxygen atoms in total. The van der Waals surface area contributed by atoms with E-state index >= 15 is 0 Å². The van der Waals surface area contributed by atoms with E-state index in [1.165, 1.54) is 28.6 Å². The summed E-state index contributed by atoms with van der Waals surface area (Å²) in [5.41, 5.74) is 0. The number of sulfonamides is 2. The summed E-state index contributed by atoms with van der Waals surface area (Å²) in [6.45, 7) is 6.14. The molecule has 0 aliphatic heterocycles. The van der Waals surface area contributed by atoms with Crippen molar-refractivity contribution in [2.45, 2.75) is 49.4 Å². The third kappa shape index (κ3) is 4.12. The van der Waals surface area contributed by atoms with Gasteiger partial charge in [-0.15, -0.1) is 0 Å². The van der Waals surface area contributed by atoms with E-state index in [1.807, 2.05) is 6.92 Å². The second kappa shape index (κ2) is 6.88. The van der Waals surface area contributed by atoms with Crippen LogP contribution >= 0.6 is 0 Å². The first-order valence-corrected chi connectivity index (χ1v) is 10.8. The highest BCUT2D eigenvalue weighted by Crippen LogP contribution is 2.33. The largest absolute Gasteiger partial charge is 0.243 e. The van der Waals surface area contributed by atoms with Gasteiger partial charge in [0.2, 0.25) is 20.0 Å². The molecule has 1 atom stereocenters. The van der Waals surface area contributed by atoms with Crippen molar-refractivity contribution >= 4 is 20.0 Å². The zero-order valence-electron chi connectivity index (χ0n) is 13.7. The maximum absolute atomic E-state index is 12.4. The summed E-state index contributed by atoms with van der Waals surface area (Å²) in [4.78, 5) is 0.193. The third-order valence-electron chi connectivity index (χ3n) is 4.15. The average Bonchev–Trinajstić information content (AvgIpc) is 3.32. The average molecular weight is 361 g/mol. The maximum Gasteiger partial charge on any atom is 0.243 e. The molecule has 8 heteroatoms. The SMILES string of the molecule is CCN(CC)S(=O)(=O)c1ccc(S(=O)(=O)N[C@H](C)C2CC2)cc1. The first kappa shape index (κ1) is 18.4. The Morgan fingerprint density at radius 2 is 1.52 bits per heavy atom. The minimum atomic E-state index is -3.62. The maximum atomic E-state index is 12.4. The summed E-state index contributed by atoms with van der Waals surface area (Å²) in [6, 6.07) is 5.30. The molecular weight excluding hydrogens is 336 g/mol. The summed E-state index contributed by atoms with van der Waals surface area (Å²) in [5.74, 6) is 0.409. The molecule has 0 heterocycles. The van der Waals surface area contributed by atoms with E-state index in [2.05, 4.69) is 4.72 Å². The van der Waals surface area contributed by atoms with E-state index in [4.69, 9.17) is 0 Å². The second-order valence-corrected chi connectivity index (χ2v) is 9.46. The van der Waals surface area contributed by atoms with Gasteiger partial charge in [-0.05, 0) is 49.9 Å². The molecule has 0 radical (unpaired) electrons. The molecule has 1 saturated carbocycles. The predicted molar refractivity (Wildman–Crippen MR) is 89.1 cm³/mol. The molecule has 23 heavy (non-hydrogen) atoms. The molecule has 0 amide bonds. The summed E-state index contributed by atoms with van der Waals surface area (Å²) in [5, 5.41) is 0. The molecule has 1 aliphatic carbocycles. The Morgan fingerprint density at radius 1 is 1.04 bits per heavy atom. The van der Waals surface area contributed by atoms with Crippen molar-refractivity contribution in [2.24, 2.45) is 5.92 Å². The van der Waals surface area contributed by atoms with Crippen LogP contribution in [0.25, 0.3) is 0 Å². The van der Waals surface area contributed by atoms with Gasteiger partial charge < -0.3 is 0 Å². The Kier molecular flexibility index (Phi) is 5.50. The lowest BCUT2D eigenvalue weighted by atomic mass is 10.2. The van der Waals surface area contributed by atoms with Crippen molar-refractivity contribution in [3.05, 3.63) is 24.3 Å². The standard InChI is InChI=1S/C15H24N2O4S2/c1-4-17(5-2)23(20,21)15-10-8-14(9-11-15)22(18,19)16-12(3)13-6-7-13/h8-13,16H,4-7H2,1-3H3/t12-/m1/s1. The van der Waals surface area contributed by atoms with E-state index in [1.54, 1.807) is 13.8 Å². The molecule has 0 bridgehead atoms. The van der Waals surface area contributed by atoms with E-state index in [0.29, 0.717) is 19.0 Å². The summed E-state index contributed by atoms with van der Waals surface area (Å²) < 4.78 is 53.4. The third-order valence-corrected chi connectivity index (χ3v) is 7.79. The zero-order chi connectivity index (χ0) is 17.3. The fraction of sp³-hybridized carbons (Fsp3) is 0.600. The van der Waals surface area contributed by atoms with Crippen molar-refractivity contribution in [3.63, 3.8) is 0 Å². The number of hydrogen-bond acceptors (Lipinski definition) is 4. The summed E-state index contributed by atoms with van der Waals surface area (Å²) in [7, 11) is -7.19. The molecule has 2 rings (SSSR count). The Bertz CT molecular complexity index is 734. The van der Waals surface area contributed by atoms with Gasteiger partial charge in [0.15, 0.2) is 0 Å². The van der Waals surface area contributed by atoms with Crippen molar-refractivity contribution < 1.29 is 16.8 Å². The Balaban J connectivity index is 2.21. The Morgan fingerprint density at radius 3 is 1.96 bits per heavy atom. The van der Waals surface area contributed by atoms with Crippen LogP contribution in [0.3, 0.4) is 0 Å². The van der Waals surface area contributed by atoms with E-state index < -0.39 is 20.0 Å². The Hall–Kier alpha value is -0.960. The smallest absolute Gasteiger partial charge is 0.208 e. The second-order valence-electron chi connectivity index (χ2n) is 5.81. The molecular formula is C15H24N2O4S2. The number of nitrogens with zero attached hydrogens (tertiary/aromatic N) is 1. The van der Waals surface area contributed by atoms with Gasteiger partial charge in [0.1, 0.15) is 0 Å². The van der Waals surface area contributed by atoms with Crippen molar-refractivity contribution in [2.75, 3.05) is 13.1 Å². The van der Waals surface area contributed by atoms with Gasteiger partial charge in [0, 0.05) is 19.1 Å². The van der Waals surface area contributed by atoms with Gasteiger partial charge in [0.25, 0.3) is 0 Å². The van der Waals surface area contributed by atoms with Gasteiger partial charge in [0.05, 0.1) is 9.79 Å². The van der Waals surface area contributed by atoms with E-state index in [0.717, 1.165) is 12.8 Å². The molecule has 0 saturated heterocycles. The highest BCUT2D eigenvalue weighted by molar-refractivity contribution is 7.89. The van der Waals surface area contributed by atoms with Crippen molar-refractivity contribution in [1.82, 2.24) is 9.03 Å². The Labute approximate surface area is 139 Å². The van der Waals surface area contributed by atoms with Crippen LogP contribution < -0.4 is 4.72 Å². The minimum Gasteiger partial charge on any atom is -0.208 e. The van der Waals surface area contributed by atoms with Crippen LogP contribution in [-0.2, 0) is 20.0 Å². The molecule has 1 aliphatic rings. The van der Waals surface area contributed by atoms with E-state index in [-0.39, 0.29) is 15.8 Å². The van der Waals surface area contributed by atoms with Gasteiger partial charge in [-0.2, -0.15) is 4.31 Å². The number of hydrogen-bond donors (Lipinski definition) is 1. The molecule has 0 aromatic heterocycles. The molecule has 0 spiro atoms. The summed E-state index contributed by atoms with van der Waals surface area (Å²) >= 11 is 0. The van der Waals surface area contributed by atoms with Crippen LogP contribution in [0.4, 0.5) is 0 Å². The lowest BCUT2D eigenvalue weighted by Gasteiger charge is -2.18. The molecule has 1 fully saturated rings. The quantitative estimate of drug-likeness (QED) is 0.766. The number of nitrogens with one attached hydrogen (secondary N) is 1. The van der Waals surface area contributed by atoms with Crippen LogP contribution in [0.2, 0.25) is 0 Å². The number of rotatable bonds is 8. The van der Waals surface area contributed by atoms with Gasteiger partial charge in [-0.25, -0.2) is 21.6 Å². The lowest BCUT2D eigenvalue weighted by Crippen LogP contribution is -2.34. The van der Waals surface area contributed by atoms with Crippen LogP contribution in [0.15, 0.2) is 34.1 Å². The highest BCUT2D eigenvalue weighted by atomic mass is 32.2. The van der Waals surface area contributed by atoms with Crippen LogP contribution in [-0.4, -0.2) is 40.3 Å². The molecule has 0 unspecified atom stereocenters. The first-order valence-electron chi connectivity index (χ1n) is 7.85.